The van der Waals surface area contributed by atoms with E-state index in [4.69, 9.17) is 10.5 Å². The van der Waals surface area contributed by atoms with Gasteiger partial charge in [-0.25, -0.2) is 0 Å². The van der Waals surface area contributed by atoms with Crippen molar-refractivity contribution in [3.63, 3.8) is 0 Å². The van der Waals surface area contributed by atoms with Gasteiger partial charge in [-0.2, -0.15) is 0 Å². The summed E-state index contributed by atoms with van der Waals surface area (Å²) in [6, 6.07) is 2.44. The first-order chi connectivity index (χ1) is 7.56. The minimum atomic E-state index is 0.181. The number of methoxy groups -OCH3 is 1. The van der Waals surface area contributed by atoms with E-state index in [-0.39, 0.29) is 6.04 Å². The highest BCUT2D eigenvalue weighted by atomic mass is 16.5. The van der Waals surface area contributed by atoms with Gasteiger partial charge in [0, 0.05) is 6.04 Å². The van der Waals surface area contributed by atoms with Crippen molar-refractivity contribution in [1.29, 1.82) is 0 Å². The van der Waals surface area contributed by atoms with Crippen molar-refractivity contribution < 1.29 is 4.74 Å². The molecule has 0 bridgehead atoms. The van der Waals surface area contributed by atoms with Crippen LogP contribution in [0.2, 0.25) is 0 Å². The van der Waals surface area contributed by atoms with Gasteiger partial charge < -0.3 is 10.5 Å². The van der Waals surface area contributed by atoms with E-state index < -0.39 is 0 Å². The van der Waals surface area contributed by atoms with Gasteiger partial charge in [0.05, 0.1) is 7.11 Å². The number of benzene rings is 1. The Kier molecular flexibility index (Phi) is 2.94. The Morgan fingerprint density at radius 2 is 2.00 bits per heavy atom. The Hall–Kier alpha value is -1.02. The second kappa shape index (κ2) is 4.10. The summed E-state index contributed by atoms with van der Waals surface area (Å²) in [5, 5.41) is 0. The fourth-order valence-corrected chi connectivity index (χ4v) is 2.95. The molecule has 0 aliphatic heterocycles. The molecular formula is C14H21NO. The molecule has 2 unspecified atom stereocenters. The summed E-state index contributed by atoms with van der Waals surface area (Å²) >= 11 is 0. The lowest BCUT2D eigenvalue weighted by molar-refractivity contribution is 0.404. The number of aryl methyl sites for hydroxylation is 1. The average Bonchev–Trinajstić information content (AvgIpc) is 2.24. The van der Waals surface area contributed by atoms with E-state index in [0.717, 1.165) is 12.2 Å². The zero-order valence-electron chi connectivity index (χ0n) is 10.6. The molecule has 0 saturated carbocycles. The molecule has 0 saturated heterocycles. The molecule has 0 radical (unpaired) electrons. The fourth-order valence-electron chi connectivity index (χ4n) is 2.95. The quantitative estimate of drug-likeness (QED) is 0.787. The Balaban J connectivity index is 2.66. The highest BCUT2D eigenvalue weighted by molar-refractivity contribution is 5.52. The molecule has 0 spiro atoms. The predicted molar refractivity (Wildman–Crippen MR) is 67.0 cm³/mol. The number of hydrogen-bond donors (Lipinski definition) is 1. The third-order valence-electron chi connectivity index (χ3n) is 3.80. The van der Waals surface area contributed by atoms with Gasteiger partial charge in [0.15, 0.2) is 0 Å². The number of nitrogens with two attached hydrogens (primary N) is 1. The largest absolute Gasteiger partial charge is 0.496 e. The third-order valence-corrected chi connectivity index (χ3v) is 3.80. The molecule has 1 aliphatic carbocycles. The molecule has 2 atom stereocenters. The lowest BCUT2D eigenvalue weighted by Gasteiger charge is -2.30. The van der Waals surface area contributed by atoms with Crippen molar-refractivity contribution >= 4 is 0 Å². The third kappa shape index (κ3) is 1.61. The van der Waals surface area contributed by atoms with E-state index in [9.17, 15) is 0 Å². The molecule has 0 fully saturated rings. The SMILES string of the molecule is COc1c(C)cc2c(c1C)C(N)CCC2C. The van der Waals surface area contributed by atoms with Crippen LogP contribution < -0.4 is 10.5 Å². The molecular weight excluding hydrogens is 198 g/mol. The maximum Gasteiger partial charge on any atom is 0.125 e. The van der Waals surface area contributed by atoms with Crippen molar-refractivity contribution in [1.82, 2.24) is 0 Å². The lowest BCUT2D eigenvalue weighted by atomic mass is 9.78. The standard InChI is InChI=1S/C14H21NO/c1-8-5-6-12(15)13-10(3)14(16-4)9(2)7-11(8)13/h7-8,12H,5-6,15H2,1-4H3. The van der Waals surface area contributed by atoms with Crippen molar-refractivity contribution in [3.05, 3.63) is 28.3 Å². The van der Waals surface area contributed by atoms with E-state index in [1.54, 1.807) is 7.11 Å². The topological polar surface area (TPSA) is 35.2 Å². The molecule has 2 rings (SSSR count). The molecule has 1 aliphatic rings. The number of hydrogen-bond acceptors (Lipinski definition) is 2. The second-order valence-electron chi connectivity index (χ2n) is 4.94. The molecule has 16 heavy (non-hydrogen) atoms. The average molecular weight is 219 g/mol. The van der Waals surface area contributed by atoms with E-state index in [0.29, 0.717) is 5.92 Å². The Morgan fingerprint density at radius 1 is 1.31 bits per heavy atom. The molecule has 88 valence electrons. The van der Waals surface area contributed by atoms with Crippen LogP contribution in [0, 0.1) is 13.8 Å². The van der Waals surface area contributed by atoms with Crippen LogP contribution in [0.5, 0.6) is 5.75 Å². The minimum absolute atomic E-state index is 0.181. The van der Waals surface area contributed by atoms with Crippen LogP contribution in [0.1, 0.15) is 54.0 Å². The van der Waals surface area contributed by atoms with Gasteiger partial charge in [-0.15, -0.1) is 0 Å². The highest BCUT2D eigenvalue weighted by Gasteiger charge is 2.26. The van der Waals surface area contributed by atoms with Crippen LogP contribution in [0.25, 0.3) is 0 Å². The van der Waals surface area contributed by atoms with Gasteiger partial charge in [-0.3, -0.25) is 0 Å². The zero-order chi connectivity index (χ0) is 11.9. The molecule has 1 aromatic rings. The summed E-state index contributed by atoms with van der Waals surface area (Å²) in [6.45, 7) is 6.53. The van der Waals surface area contributed by atoms with Crippen LogP contribution in [0.3, 0.4) is 0 Å². The van der Waals surface area contributed by atoms with Gasteiger partial charge in [-0.05, 0) is 54.9 Å². The first kappa shape index (κ1) is 11.5. The Bertz CT molecular complexity index is 412. The molecule has 2 nitrogen and oxygen atoms in total. The molecule has 1 aromatic carbocycles. The van der Waals surface area contributed by atoms with Crippen LogP contribution in [-0.2, 0) is 0 Å². The maximum atomic E-state index is 6.23. The van der Waals surface area contributed by atoms with Crippen LogP contribution in [0.4, 0.5) is 0 Å². The van der Waals surface area contributed by atoms with Gasteiger partial charge in [0.1, 0.15) is 5.75 Å². The van der Waals surface area contributed by atoms with Crippen molar-refractivity contribution in [2.45, 2.75) is 45.6 Å². The van der Waals surface area contributed by atoms with Crippen molar-refractivity contribution in [3.8, 4) is 5.75 Å². The number of ether oxygens (including phenoxy) is 1. The fraction of sp³-hybridized carbons (Fsp3) is 0.571. The summed E-state index contributed by atoms with van der Waals surface area (Å²) in [4.78, 5) is 0. The number of fused-ring (bicyclic) bond motifs is 1. The summed E-state index contributed by atoms with van der Waals surface area (Å²) in [5.41, 5.74) is 11.4. The molecule has 2 heteroatoms. The second-order valence-corrected chi connectivity index (χ2v) is 4.94. The smallest absolute Gasteiger partial charge is 0.125 e. The van der Waals surface area contributed by atoms with Crippen molar-refractivity contribution in [2.24, 2.45) is 5.73 Å². The molecule has 0 amide bonds. The van der Waals surface area contributed by atoms with E-state index in [2.05, 4.69) is 26.8 Å². The normalized spacial score (nSPS) is 24.1. The summed E-state index contributed by atoms with van der Waals surface area (Å²) in [6.07, 6.45) is 2.28. The van der Waals surface area contributed by atoms with Crippen molar-refractivity contribution in [2.75, 3.05) is 7.11 Å². The summed E-state index contributed by atoms with van der Waals surface area (Å²) in [7, 11) is 1.74. The monoisotopic (exact) mass is 219 g/mol. The maximum absolute atomic E-state index is 6.23. The van der Waals surface area contributed by atoms with Gasteiger partial charge >= 0.3 is 0 Å². The van der Waals surface area contributed by atoms with Crippen LogP contribution >= 0.6 is 0 Å². The van der Waals surface area contributed by atoms with E-state index in [1.807, 2.05) is 0 Å². The highest BCUT2D eigenvalue weighted by Crippen LogP contribution is 2.42. The first-order valence-electron chi connectivity index (χ1n) is 5.99. The Morgan fingerprint density at radius 3 is 2.62 bits per heavy atom. The minimum Gasteiger partial charge on any atom is -0.496 e. The predicted octanol–water partition coefficient (Wildman–Crippen LogP) is 3.21. The Labute approximate surface area is 97.8 Å². The van der Waals surface area contributed by atoms with Gasteiger partial charge in [0.25, 0.3) is 0 Å². The van der Waals surface area contributed by atoms with Gasteiger partial charge in [0.2, 0.25) is 0 Å². The summed E-state index contributed by atoms with van der Waals surface area (Å²) < 4.78 is 5.47. The summed E-state index contributed by atoms with van der Waals surface area (Å²) in [5.74, 6) is 1.63. The van der Waals surface area contributed by atoms with Gasteiger partial charge in [-0.1, -0.05) is 13.0 Å². The lowest BCUT2D eigenvalue weighted by Crippen LogP contribution is -2.21. The van der Waals surface area contributed by atoms with E-state index >= 15 is 0 Å². The van der Waals surface area contributed by atoms with E-state index in [1.165, 1.54) is 28.7 Å². The molecule has 2 N–H and O–H groups in total. The number of rotatable bonds is 1. The zero-order valence-corrected chi connectivity index (χ0v) is 10.6. The van der Waals surface area contributed by atoms with Crippen LogP contribution in [-0.4, -0.2) is 7.11 Å². The van der Waals surface area contributed by atoms with Crippen LogP contribution in [0.15, 0.2) is 6.07 Å². The molecule has 0 heterocycles. The molecule has 0 aromatic heterocycles. The first-order valence-corrected chi connectivity index (χ1v) is 5.99.